The van der Waals surface area contributed by atoms with E-state index in [9.17, 15) is 0 Å². The third-order valence-electron chi connectivity index (χ3n) is 3.11. The molecule has 2 N–H and O–H groups in total. The zero-order valence-corrected chi connectivity index (χ0v) is 12.0. The molecule has 0 aliphatic carbocycles. The molecule has 0 aliphatic heterocycles. The Morgan fingerprint density at radius 2 is 1.75 bits per heavy atom. The van der Waals surface area contributed by atoms with Gasteiger partial charge in [0.1, 0.15) is 0 Å². The van der Waals surface area contributed by atoms with Crippen LogP contribution in [0.25, 0.3) is 0 Å². The number of nitrogens with two attached hydrogens (primary N) is 1. The van der Waals surface area contributed by atoms with Gasteiger partial charge >= 0.3 is 0 Å². The number of thiocarbonyl (C=S) groups is 1. The Bertz CT molecular complexity index is 183. The van der Waals surface area contributed by atoms with Gasteiger partial charge in [0.15, 0.2) is 0 Å². The first-order valence-corrected chi connectivity index (χ1v) is 6.97. The molecule has 0 spiro atoms. The molecule has 0 heterocycles. The van der Waals surface area contributed by atoms with Gasteiger partial charge in [0.2, 0.25) is 0 Å². The molecule has 1 unspecified atom stereocenters. The van der Waals surface area contributed by atoms with Crippen molar-refractivity contribution >= 4 is 17.2 Å². The van der Waals surface area contributed by atoms with E-state index in [0.717, 1.165) is 13.0 Å². The first kappa shape index (κ1) is 15.9. The Balaban J connectivity index is 3.42. The van der Waals surface area contributed by atoms with Crippen molar-refractivity contribution in [3.05, 3.63) is 0 Å². The van der Waals surface area contributed by atoms with Crippen LogP contribution in [-0.2, 0) is 0 Å². The first-order valence-electron chi connectivity index (χ1n) is 6.56. The van der Waals surface area contributed by atoms with Crippen LogP contribution >= 0.6 is 12.2 Å². The molecule has 0 aliphatic rings. The van der Waals surface area contributed by atoms with Gasteiger partial charge in [-0.3, -0.25) is 0 Å². The summed E-state index contributed by atoms with van der Waals surface area (Å²) in [4.78, 5) is 2.99. The average molecular weight is 244 g/mol. The second kappa shape index (κ2) is 10.0. The molecule has 3 heteroatoms. The molecule has 1 atom stereocenters. The summed E-state index contributed by atoms with van der Waals surface area (Å²) in [5.41, 5.74) is 5.55. The Morgan fingerprint density at radius 3 is 2.31 bits per heavy atom. The van der Waals surface area contributed by atoms with E-state index >= 15 is 0 Å². The summed E-state index contributed by atoms with van der Waals surface area (Å²) in [7, 11) is 2.16. The predicted octanol–water partition coefficient (Wildman–Crippen LogP) is 3.34. The van der Waals surface area contributed by atoms with Gasteiger partial charge in [0, 0.05) is 12.5 Å². The van der Waals surface area contributed by atoms with E-state index in [1.165, 1.54) is 38.5 Å². The Labute approximate surface area is 107 Å². The number of unbranched alkanes of at least 4 members (excludes halogenated alkanes) is 5. The first-order chi connectivity index (χ1) is 7.57. The molecule has 0 rings (SSSR count). The summed E-state index contributed by atoms with van der Waals surface area (Å²) in [6.45, 7) is 5.61. The van der Waals surface area contributed by atoms with Gasteiger partial charge in [0.25, 0.3) is 0 Å². The van der Waals surface area contributed by atoms with Crippen molar-refractivity contribution in [1.29, 1.82) is 0 Å². The highest BCUT2D eigenvalue weighted by Gasteiger charge is 2.09. The quantitative estimate of drug-likeness (QED) is 0.472. The topological polar surface area (TPSA) is 29.3 Å². The molecule has 0 aromatic rings. The highest BCUT2D eigenvalue weighted by Crippen LogP contribution is 2.07. The lowest BCUT2D eigenvalue weighted by Gasteiger charge is -2.24. The number of hydrogen-bond acceptors (Lipinski definition) is 2. The molecule has 0 saturated carbocycles. The van der Waals surface area contributed by atoms with Crippen molar-refractivity contribution in [3.8, 4) is 0 Å². The minimum absolute atomic E-state index is 0.480. The monoisotopic (exact) mass is 244 g/mol. The molecule has 0 aromatic carbocycles. The van der Waals surface area contributed by atoms with Crippen LogP contribution in [-0.4, -0.2) is 29.5 Å². The Morgan fingerprint density at radius 1 is 1.19 bits per heavy atom. The van der Waals surface area contributed by atoms with Crippen LogP contribution in [0.2, 0.25) is 0 Å². The average Bonchev–Trinajstić information content (AvgIpc) is 2.21. The van der Waals surface area contributed by atoms with Gasteiger partial charge in [-0.05, 0) is 26.9 Å². The minimum atomic E-state index is 0.480. The molecule has 0 radical (unpaired) electrons. The standard InChI is InChI=1S/C13H28N2S/c1-4-5-6-7-8-9-10-15(3)12(2)11-13(14)16/h12H,4-11H2,1-3H3,(H2,14,16). The molecular weight excluding hydrogens is 216 g/mol. The van der Waals surface area contributed by atoms with Gasteiger partial charge in [0.05, 0.1) is 4.99 Å². The molecule has 0 saturated heterocycles. The van der Waals surface area contributed by atoms with Gasteiger partial charge in [-0.1, -0.05) is 51.2 Å². The number of hydrogen-bond donors (Lipinski definition) is 1. The van der Waals surface area contributed by atoms with E-state index in [1.807, 2.05) is 0 Å². The second-order valence-corrected chi connectivity index (χ2v) is 5.29. The molecule has 16 heavy (non-hydrogen) atoms. The predicted molar refractivity (Wildman–Crippen MR) is 76.9 cm³/mol. The second-order valence-electron chi connectivity index (χ2n) is 4.77. The summed E-state index contributed by atoms with van der Waals surface area (Å²) in [6, 6.07) is 0.480. The molecule has 0 bridgehead atoms. The fourth-order valence-corrected chi connectivity index (χ4v) is 2.05. The molecular formula is C13H28N2S. The zero-order valence-electron chi connectivity index (χ0n) is 11.2. The molecule has 2 nitrogen and oxygen atoms in total. The van der Waals surface area contributed by atoms with Gasteiger partial charge in [-0.25, -0.2) is 0 Å². The molecule has 0 aromatic heterocycles. The van der Waals surface area contributed by atoms with Gasteiger partial charge in [-0.2, -0.15) is 0 Å². The van der Waals surface area contributed by atoms with Crippen molar-refractivity contribution in [2.75, 3.05) is 13.6 Å². The normalized spacial score (nSPS) is 13.0. The van der Waals surface area contributed by atoms with Crippen molar-refractivity contribution in [2.24, 2.45) is 5.73 Å². The van der Waals surface area contributed by atoms with Crippen LogP contribution in [0.1, 0.15) is 58.8 Å². The lowest BCUT2D eigenvalue weighted by atomic mass is 10.1. The summed E-state index contributed by atoms with van der Waals surface area (Å²) < 4.78 is 0. The molecule has 0 amide bonds. The third-order valence-corrected chi connectivity index (χ3v) is 3.28. The zero-order chi connectivity index (χ0) is 12.4. The Hall–Kier alpha value is -0.150. The van der Waals surface area contributed by atoms with Crippen molar-refractivity contribution in [1.82, 2.24) is 4.90 Å². The van der Waals surface area contributed by atoms with E-state index in [4.69, 9.17) is 18.0 Å². The largest absolute Gasteiger partial charge is 0.393 e. The maximum atomic E-state index is 5.55. The highest BCUT2D eigenvalue weighted by molar-refractivity contribution is 7.80. The summed E-state index contributed by atoms with van der Waals surface area (Å²) >= 11 is 4.93. The van der Waals surface area contributed by atoms with Crippen LogP contribution in [0.4, 0.5) is 0 Å². The summed E-state index contributed by atoms with van der Waals surface area (Å²) in [5.74, 6) is 0. The summed E-state index contributed by atoms with van der Waals surface area (Å²) in [5, 5.41) is 0. The lowest BCUT2D eigenvalue weighted by molar-refractivity contribution is 0.257. The van der Waals surface area contributed by atoms with Crippen LogP contribution in [0.5, 0.6) is 0 Å². The third kappa shape index (κ3) is 9.10. The van der Waals surface area contributed by atoms with Crippen LogP contribution in [0, 0.1) is 0 Å². The SMILES string of the molecule is CCCCCCCCN(C)C(C)CC(N)=S. The van der Waals surface area contributed by atoms with E-state index in [2.05, 4.69) is 25.8 Å². The highest BCUT2D eigenvalue weighted by atomic mass is 32.1. The fourth-order valence-electron chi connectivity index (χ4n) is 1.81. The maximum Gasteiger partial charge on any atom is 0.0742 e. The van der Waals surface area contributed by atoms with Crippen molar-refractivity contribution < 1.29 is 0 Å². The Kier molecular flexibility index (Phi) is 9.94. The van der Waals surface area contributed by atoms with Gasteiger partial charge in [-0.15, -0.1) is 0 Å². The van der Waals surface area contributed by atoms with E-state index in [1.54, 1.807) is 0 Å². The minimum Gasteiger partial charge on any atom is -0.393 e. The van der Waals surface area contributed by atoms with Crippen LogP contribution < -0.4 is 5.73 Å². The lowest BCUT2D eigenvalue weighted by Crippen LogP contribution is -2.33. The number of nitrogens with zero attached hydrogens (tertiary/aromatic N) is 1. The van der Waals surface area contributed by atoms with E-state index < -0.39 is 0 Å². The van der Waals surface area contributed by atoms with E-state index in [0.29, 0.717) is 11.0 Å². The number of rotatable bonds is 10. The summed E-state index contributed by atoms with van der Waals surface area (Å²) in [6.07, 6.45) is 8.96. The molecule has 96 valence electrons. The van der Waals surface area contributed by atoms with E-state index in [-0.39, 0.29) is 0 Å². The van der Waals surface area contributed by atoms with Crippen LogP contribution in [0.15, 0.2) is 0 Å². The fraction of sp³-hybridized carbons (Fsp3) is 0.923. The van der Waals surface area contributed by atoms with Crippen molar-refractivity contribution in [2.45, 2.75) is 64.8 Å². The van der Waals surface area contributed by atoms with Crippen LogP contribution in [0.3, 0.4) is 0 Å². The molecule has 0 fully saturated rings. The van der Waals surface area contributed by atoms with Crippen molar-refractivity contribution in [3.63, 3.8) is 0 Å². The van der Waals surface area contributed by atoms with Gasteiger partial charge < -0.3 is 10.6 Å². The maximum absolute atomic E-state index is 5.55. The smallest absolute Gasteiger partial charge is 0.0742 e.